The fourth-order valence-corrected chi connectivity index (χ4v) is 4.04. The average Bonchev–Trinajstić information content (AvgIpc) is 3.24. The number of rotatable bonds is 6. The predicted molar refractivity (Wildman–Crippen MR) is 159 cm³/mol. The predicted octanol–water partition coefficient (Wildman–Crippen LogP) is 10.9. The Hall–Kier alpha value is -3.12. The van der Waals surface area contributed by atoms with Crippen molar-refractivity contribution in [2.45, 2.75) is 67.7 Å². The molecule has 1 aliphatic rings. The fourth-order valence-electron chi connectivity index (χ4n) is 4.04. The molecule has 0 aliphatic heterocycles. The minimum absolute atomic E-state index is 0.440. The van der Waals surface area contributed by atoms with Gasteiger partial charge in [0.05, 0.1) is 5.41 Å². The number of benzene rings is 2. The van der Waals surface area contributed by atoms with Crippen molar-refractivity contribution in [2.75, 3.05) is 0 Å². The van der Waals surface area contributed by atoms with Crippen LogP contribution in [0.25, 0.3) is 5.57 Å². The van der Waals surface area contributed by atoms with E-state index in [1.165, 1.54) is 16.7 Å². The number of fused-ring (bicyclic) bond motifs is 1. The van der Waals surface area contributed by atoms with Crippen LogP contribution in [0.15, 0.2) is 122 Å². The van der Waals surface area contributed by atoms with Crippen molar-refractivity contribution in [3.8, 4) is 0 Å². The molecule has 1 aliphatic carbocycles. The normalized spacial score (nSPS) is 15.6. The lowest BCUT2D eigenvalue weighted by atomic mass is 9.66. The molecule has 0 heterocycles. The molecule has 0 heteroatoms. The molecule has 0 spiro atoms. The molecule has 1 atom stereocenters. The lowest BCUT2D eigenvalue weighted by Gasteiger charge is -2.35. The van der Waals surface area contributed by atoms with E-state index in [2.05, 4.69) is 80.4 Å². The Morgan fingerprint density at radius 2 is 1.24 bits per heavy atom. The second-order valence-electron chi connectivity index (χ2n) is 6.25. The van der Waals surface area contributed by atoms with Crippen LogP contribution in [0.5, 0.6) is 0 Å². The molecule has 0 N–H and O–H groups in total. The summed E-state index contributed by atoms with van der Waals surface area (Å²) in [5.41, 5.74) is 6.62. The lowest BCUT2D eigenvalue weighted by Crippen LogP contribution is -2.29. The summed E-state index contributed by atoms with van der Waals surface area (Å²) in [4.78, 5) is 0. The molecule has 0 fully saturated rings. The first-order valence-electron chi connectivity index (χ1n) is 12.9. The molecule has 0 bridgehead atoms. The number of hydrogen-bond acceptors (Lipinski definition) is 0. The molecule has 0 radical (unpaired) electrons. The van der Waals surface area contributed by atoms with E-state index in [9.17, 15) is 0 Å². The first-order valence-corrected chi connectivity index (χ1v) is 12.9. The zero-order chi connectivity index (χ0) is 26.6. The highest BCUT2D eigenvalue weighted by Crippen LogP contribution is 2.55. The largest absolute Gasteiger partial charge is 0.0987 e. The third kappa shape index (κ3) is 6.70. The van der Waals surface area contributed by atoms with Crippen molar-refractivity contribution in [3.05, 3.63) is 139 Å². The van der Waals surface area contributed by atoms with Gasteiger partial charge in [0.2, 0.25) is 0 Å². The zero-order valence-electron chi connectivity index (χ0n) is 23.3. The molecule has 0 saturated heterocycles. The van der Waals surface area contributed by atoms with Gasteiger partial charge in [-0.3, -0.25) is 0 Å². The van der Waals surface area contributed by atoms with Crippen molar-refractivity contribution < 1.29 is 0 Å². The number of hydrogen-bond donors (Lipinski definition) is 0. The van der Waals surface area contributed by atoms with Crippen molar-refractivity contribution in [3.63, 3.8) is 0 Å². The smallest absolute Gasteiger partial charge is 0.0713 e. The Kier molecular flexibility index (Phi) is 18.8. The first kappa shape index (κ1) is 33.1. The minimum atomic E-state index is -0.440. The third-order valence-corrected chi connectivity index (χ3v) is 5.05. The maximum atomic E-state index is 4.16. The second-order valence-corrected chi connectivity index (χ2v) is 6.25. The van der Waals surface area contributed by atoms with Gasteiger partial charge in [0.25, 0.3) is 0 Å². The fraction of sp³-hybridized carbons (Fsp3) is 0.294. The van der Waals surface area contributed by atoms with E-state index in [1.807, 2.05) is 92.7 Å². The van der Waals surface area contributed by atoms with Crippen molar-refractivity contribution in [1.29, 1.82) is 0 Å². The van der Waals surface area contributed by atoms with Gasteiger partial charge in [-0.25, -0.2) is 0 Å². The summed E-state index contributed by atoms with van der Waals surface area (Å²) in [5.74, 6) is 0. The summed E-state index contributed by atoms with van der Waals surface area (Å²) in [6.45, 7) is 30.4. The standard InChI is InChI=1S/C26H24.4C2H6/c1-5-9-15-20(6-2)26(21-16-11-10-12-17-21)24(8-4)22(7-3)23-18-13-14-19-25(23)26;4*1-2/h5-19H,2-4H2,1H3;4*1-2H3/b9-5-,20-15+;;;;. The molecule has 0 saturated carbocycles. The van der Waals surface area contributed by atoms with Gasteiger partial charge in [-0.05, 0) is 40.3 Å². The molecule has 34 heavy (non-hydrogen) atoms. The Morgan fingerprint density at radius 1 is 0.706 bits per heavy atom. The van der Waals surface area contributed by atoms with Crippen LogP contribution in [0.2, 0.25) is 0 Å². The van der Waals surface area contributed by atoms with E-state index in [4.69, 9.17) is 0 Å². The summed E-state index contributed by atoms with van der Waals surface area (Å²) in [5, 5.41) is 0. The van der Waals surface area contributed by atoms with Crippen LogP contribution < -0.4 is 0 Å². The highest BCUT2D eigenvalue weighted by molar-refractivity contribution is 5.91. The Morgan fingerprint density at radius 3 is 1.71 bits per heavy atom. The van der Waals surface area contributed by atoms with Crippen molar-refractivity contribution in [1.82, 2.24) is 0 Å². The summed E-state index contributed by atoms with van der Waals surface area (Å²) in [6, 6.07) is 19.1. The Balaban J connectivity index is 0. The van der Waals surface area contributed by atoms with Crippen LogP contribution in [0.3, 0.4) is 0 Å². The monoisotopic (exact) mass is 456 g/mol. The van der Waals surface area contributed by atoms with Gasteiger partial charge in [0.15, 0.2) is 0 Å². The van der Waals surface area contributed by atoms with Gasteiger partial charge >= 0.3 is 0 Å². The van der Waals surface area contributed by atoms with E-state index in [1.54, 1.807) is 0 Å². The zero-order valence-corrected chi connectivity index (χ0v) is 23.3. The van der Waals surface area contributed by atoms with Crippen LogP contribution in [0.1, 0.15) is 79.0 Å². The highest BCUT2D eigenvalue weighted by atomic mass is 14.5. The van der Waals surface area contributed by atoms with Gasteiger partial charge in [0, 0.05) is 0 Å². The lowest BCUT2D eigenvalue weighted by molar-refractivity contribution is 0.761. The summed E-state index contributed by atoms with van der Waals surface area (Å²) in [6.07, 6.45) is 12.1. The summed E-state index contributed by atoms with van der Waals surface area (Å²) in [7, 11) is 0. The van der Waals surface area contributed by atoms with Crippen LogP contribution in [-0.2, 0) is 5.41 Å². The van der Waals surface area contributed by atoms with E-state index in [-0.39, 0.29) is 0 Å². The van der Waals surface area contributed by atoms with Gasteiger partial charge < -0.3 is 0 Å². The van der Waals surface area contributed by atoms with Gasteiger partial charge in [-0.1, -0.05) is 166 Å². The Bertz CT molecular complexity index is 935. The molecule has 1 unspecified atom stereocenters. The minimum Gasteiger partial charge on any atom is -0.0987 e. The van der Waals surface area contributed by atoms with Crippen LogP contribution >= 0.6 is 0 Å². The molecular weight excluding hydrogens is 408 g/mol. The summed E-state index contributed by atoms with van der Waals surface area (Å²) < 4.78 is 0. The van der Waals surface area contributed by atoms with E-state index in [0.29, 0.717) is 0 Å². The quantitative estimate of drug-likeness (QED) is 0.379. The van der Waals surface area contributed by atoms with Crippen LogP contribution in [0.4, 0.5) is 0 Å². The molecule has 0 amide bonds. The molecular formula is C34H48. The van der Waals surface area contributed by atoms with Crippen LogP contribution in [-0.4, -0.2) is 0 Å². The van der Waals surface area contributed by atoms with E-state index in [0.717, 1.165) is 16.7 Å². The van der Waals surface area contributed by atoms with Crippen LogP contribution in [0, 0.1) is 0 Å². The molecule has 3 rings (SSSR count). The number of allylic oxidation sites excluding steroid dienone is 9. The van der Waals surface area contributed by atoms with Crippen molar-refractivity contribution in [2.24, 2.45) is 0 Å². The molecule has 2 aromatic carbocycles. The Labute approximate surface area is 211 Å². The SMILES string of the molecule is C=CC1=C(C=C)C(/C(C=C)=C/C=C\C)(c2ccccc2)c2ccccc21.CC.CC.CC.CC. The topological polar surface area (TPSA) is 0 Å². The molecule has 184 valence electrons. The second kappa shape index (κ2) is 19.4. The molecule has 0 nitrogen and oxygen atoms in total. The highest BCUT2D eigenvalue weighted by Gasteiger charge is 2.46. The third-order valence-electron chi connectivity index (χ3n) is 5.05. The molecule has 0 aromatic heterocycles. The van der Waals surface area contributed by atoms with E-state index >= 15 is 0 Å². The van der Waals surface area contributed by atoms with Crippen molar-refractivity contribution >= 4 is 5.57 Å². The van der Waals surface area contributed by atoms with Gasteiger partial charge in [-0.2, -0.15) is 0 Å². The van der Waals surface area contributed by atoms with E-state index < -0.39 is 5.41 Å². The van der Waals surface area contributed by atoms with Gasteiger partial charge in [0.1, 0.15) is 0 Å². The van der Waals surface area contributed by atoms with Gasteiger partial charge in [-0.15, -0.1) is 0 Å². The summed E-state index contributed by atoms with van der Waals surface area (Å²) >= 11 is 0. The maximum Gasteiger partial charge on any atom is 0.0713 e. The average molecular weight is 457 g/mol. The maximum absolute atomic E-state index is 4.16. The first-order chi connectivity index (χ1) is 16.7. The molecule has 2 aromatic rings.